The number of rotatable bonds is 0. The smallest absolute Gasteiger partial charge is 0.221 e. The van der Waals surface area contributed by atoms with Gasteiger partial charge in [0.15, 0.2) is 0 Å². The molecule has 1 amide bonds. The highest BCUT2D eigenvalue weighted by atomic mass is 16.2. The Morgan fingerprint density at radius 2 is 2.30 bits per heavy atom. The summed E-state index contributed by atoms with van der Waals surface area (Å²) in [7, 11) is 0. The fraction of sp³-hybridized carbons (Fsp3) is 0.857. The van der Waals surface area contributed by atoms with Crippen LogP contribution in [0.1, 0.15) is 19.3 Å². The van der Waals surface area contributed by atoms with Gasteiger partial charge < -0.3 is 10.6 Å². The number of carbonyl (C=O) groups is 1. The zero-order valence-corrected chi connectivity index (χ0v) is 5.89. The Balaban J connectivity index is 2.04. The molecule has 2 fully saturated rings. The Labute approximate surface area is 60.2 Å². The standard InChI is InChI=1S/C7H12N2O/c10-7-4-6-5(9-7)2-1-3-8-6/h5-6,8H,1-4H2,(H,9,10)/t5-,6-/m0/s1. The molecule has 0 aromatic carbocycles. The van der Waals surface area contributed by atoms with Crippen LogP contribution in [0.3, 0.4) is 0 Å². The van der Waals surface area contributed by atoms with Crippen LogP contribution in [0.2, 0.25) is 0 Å². The molecule has 2 aliphatic heterocycles. The highest BCUT2D eigenvalue weighted by molar-refractivity contribution is 5.79. The molecule has 0 unspecified atom stereocenters. The van der Waals surface area contributed by atoms with Gasteiger partial charge >= 0.3 is 0 Å². The van der Waals surface area contributed by atoms with Crippen LogP contribution in [0.15, 0.2) is 0 Å². The lowest BCUT2D eigenvalue weighted by Gasteiger charge is -2.25. The average Bonchev–Trinajstić information content (AvgIpc) is 2.27. The van der Waals surface area contributed by atoms with Gasteiger partial charge in [0.1, 0.15) is 0 Å². The third-order valence-electron chi connectivity index (χ3n) is 2.34. The van der Waals surface area contributed by atoms with Crippen molar-refractivity contribution >= 4 is 5.91 Å². The maximum Gasteiger partial charge on any atom is 0.221 e. The molecule has 2 rings (SSSR count). The lowest BCUT2D eigenvalue weighted by Crippen LogP contribution is -2.45. The molecule has 0 radical (unpaired) electrons. The Morgan fingerprint density at radius 3 is 3.10 bits per heavy atom. The minimum atomic E-state index is 0.212. The molecule has 0 aromatic heterocycles. The number of hydrogen-bond donors (Lipinski definition) is 2. The van der Waals surface area contributed by atoms with E-state index >= 15 is 0 Å². The van der Waals surface area contributed by atoms with E-state index < -0.39 is 0 Å². The van der Waals surface area contributed by atoms with E-state index in [0.29, 0.717) is 18.5 Å². The van der Waals surface area contributed by atoms with Crippen molar-refractivity contribution in [1.82, 2.24) is 10.6 Å². The topological polar surface area (TPSA) is 41.1 Å². The van der Waals surface area contributed by atoms with Gasteiger partial charge in [0.05, 0.1) is 0 Å². The van der Waals surface area contributed by atoms with Gasteiger partial charge in [-0.1, -0.05) is 0 Å². The molecular formula is C7H12N2O. The van der Waals surface area contributed by atoms with Gasteiger partial charge in [-0.3, -0.25) is 4.79 Å². The summed E-state index contributed by atoms with van der Waals surface area (Å²) in [6.45, 7) is 1.08. The van der Waals surface area contributed by atoms with E-state index in [1.807, 2.05) is 0 Å². The second kappa shape index (κ2) is 2.23. The van der Waals surface area contributed by atoms with Gasteiger partial charge in [0.25, 0.3) is 0 Å². The van der Waals surface area contributed by atoms with Crippen LogP contribution in [-0.4, -0.2) is 24.5 Å². The van der Waals surface area contributed by atoms with Gasteiger partial charge in [0, 0.05) is 18.5 Å². The second-order valence-electron chi connectivity index (χ2n) is 3.08. The van der Waals surface area contributed by atoms with Crippen molar-refractivity contribution in [3.05, 3.63) is 0 Å². The van der Waals surface area contributed by atoms with Crippen molar-refractivity contribution in [2.24, 2.45) is 0 Å². The molecule has 2 saturated heterocycles. The quantitative estimate of drug-likeness (QED) is 0.482. The van der Waals surface area contributed by atoms with E-state index in [0.717, 1.165) is 13.0 Å². The number of hydrogen-bond acceptors (Lipinski definition) is 2. The summed E-state index contributed by atoms with van der Waals surface area (Å²) < 4.78 is 0. The molecule has 2 N–H and O–H groups in total. The number of carbonyl (C=O) groups excluding carboxylic acids is 1. The van der Waals surface area contributed by atoms with Crippen molar-refractivity contribution in [2.75, 3.05) is 6.54 Å². The van der Waals surface area contributed by atoms with Crippen LogP contribution < -0.4 is 10.6 Å². The lowest BCUT2D eigenvalue weighted by molar-refractivity contribution is -0.119. The summed E-state index contributed by atoms with van der Waals surface area (Å²) in [5.74, 6) is 0.212. The summed E-state index contributed by atoms with van der Waals surface area (Å²) in [6.07, 6.45) is 3.04. The van der Waals surface area contributed by atoms with Crippen LogP contribution in [-0.2, 0) is 4.79 Å². The SMILES string of the molecule is O=C1C[C@@H]2NCCC[C@@H]2N1. The molecular weight excluding hydrogens is 128 g/mol. The fourth-order valence-corrected chi connectivity index (χ4v) is 1.81. The highest BCUT2D eigenvalue weighted by Crippen LogP contribution is 2.16. The van der Waals surface area contributed by atoms with Crippen LogP contribution in [0.25, 0.3) is 0 Å². The minimum absolute atomic E-state index is 0.212. The molecule has 3 nitrogen and oxygen atoms in total. The first kappa shape index (κ1) is 6.16. The highest BCUT2D eigenvalue weighted by Gasteiger charge is 2.33. The van der Waals surface area contributed by atoms with Crippen molar-refractivity contribution in [3.63, 3.8) is 0 Å². The maximum absolute atomic E-state index is 10.9. The monoisotopic (exact) mass is 140 g/mol. The zero-order valence-electron chi connectivity index (χ0n) is 5.89. The molecule has 3 heteroatoms. The molecule has 2 aliphatic rings. The molecule has 2 atom stereocenters. The Morgan fingerprint density at radius 1 is 1.40 bits per heavy atom. The van der Waals surface area contributed by atoms with Crippen LogP contribution in [0.4, 0.5) is 0 Å². The van der Waals surface area contributed by atoms with E-state index in [9.17, 15) is 4.79 Å². The van der Waals surface area contributed by atoms with E-state index in [1.165, 1.54) is 6.42 Å². The van der Waals surface area contributed by atoms with Crippen LogP contribution >= 0.6 is 0 Å². The first-order chi connectivity index (χ1) is 4.86. The van der Waals surface area contributed by atoms with Gasteiger partial charge in [0.2, 0.25) is 5.91 Å². The Kier molecular flexibility index (Phi) is 1.38. The van der Waals surface area contributed by atoms with Gasteiger partial charge in [-0.25, -0.2) is 0 Å². The summed E-state index contributed by atoms with van der Waals surface area (Å²) in [5, 5.41) is 6.28. The zero-order chi connectivity index (χ0) is 6.97. The van der Waals surface area contributed by atoms with Crippen molar-refractivity contribution in [2.45, 2.75) is 31.3 Å². The molecule has 56 valence electrons. The number of nitrogens with one attached hydrogen (secondary N) is 2. The van der Waals surface area contributed by atoms with E-state index in [1.54, 1.807) is 0 Å². The second-order valence-corrected chi connectivity index (χ2v) is 3.08. The lowest BCUT2D eigenvalue weighted by atomic mass is 10.0. The van der Waals surface area contributed by atoms with E-state index in [4.69, 9.17) is 0 Å². The third-order valence-corrected chi connectivity index (χ3v) is 2.34. The first-order valence-electron chi connectivity index (χ1n) is 3.89. The van der Waals surface area contributed by atoms with E-state index in [2.05, 4.69) is 10.6 Å². The normalized spacial score (nSPS) is 39.0. The summed E-state index contributed by atoms with van der Waals surface area (Å²) in [6, 6.07) is 0.863. The molecule has 0 spiro atoms. The predicted molar refractivity (Wildman–Crippen MR) is 37.6 cm³/mol. The number of amides is 1. The van der Waals surface area contributed by atoms with Crippen LogP contribution in [0, 0.1) is 0 Å². The molecule has 0 aromatic rings. The number of piperidine rings is 1. The van der Waals surface area contributed by atoms with Crippen molar-refractivity contribution in [3.8, 4) is 0 Å². The fourth-order valence-electron chi connectivity index (χ4n) is 1.81. The molecule has 0 aliphatic carbocycles. The first-order valence-corrected chi connectivity index (χ1v) is 3.89. The van der Waals surface area contributed by atoms with Crippen molar-refractivity contribution in [1.29, 1.82) is 0 Å². The summed E-state index contributed by atoms with van der Waals surface area (Å²) in [5.41, 5.74) is 0. The summed E-state index contributed by atoms with van der Waals surface area (Å²) >= 11 is 0. The number of fused-ring (bicyclic) bond motifs is 1. The summed E-state index contributed by atoms with van der Waals surface area (Å²) in [4.78, 5) is 10.9. The largest absolute Gasteiger partial charge is 0.352 e. The molecule has 0 saturated carbocycles. The van der Waals surface area contributed by atoms with Gasteiger partial charge in [-0.15, -0.1) is 0 Å². The van der Waals surface area contributed by atoms with Gasteiger partial charge in [-0.2, -0.15) is 0 Å². The maximum atomic E-state index is 10.9. The van der Waals surface area contributed by atoms with E-state index in [-0.39, 0.29) is 5.91 Å². The predicted octanol–water partition coefficient (Wildman–Crippen LogP) is -0.373. The van der Waals surface area contributed by atoms with Crippen LogP contribution in [0.5, 0.6) is 0 Å². The molecule has 10 heavy (non-hydrogen) atoms. The average molecular weight is 140 g/mol. The molecule has 2 heterocycles. The van der Waals surface area contributed by atoms with Gasteiger partial charge in [-0.05, 0) is 19.4 Å². The third kappa shape index (κ3) is 0.904. The minimum Gasteiger partial charge on any atom is -0.352 e. The Hall–Kier alpha value is -0.570. The molecule has 0 bridgehead atoms. The van der Waals surface area contributed by atoms with Crippen molar-refractivity contribution < 1.29 is 4.79 Å². The Bertz CT molecular complexity index is 142.